The van der Waals surface area contributed by atoms with Crippen molar-refractivity contribution in [1.82, 2.24) is 10.2 Å². The predicted molar refractivity (Wildman–Crippen MR) is 69.9 cm³/mol. The minimum absolute atomic E-state index is 0.0134. The van der Waals surface area contributed by atoms with Crippen LogP contribution in [0.5, 0.6) is 0 Å². The molecule has 0 aromatic heterocycles. The van der Waals surface area contributed by atoms with E-state index in [9.17, 15) is 9.59 Å². The Kier molecular flexibility index (Phi) is 2.95. The molecular formula is C14H24N2O2. The number of hydrogen-bond acceptors (Lipinski definition) is 2. The number of amides is 2. The normalized spacial score (nSPS) is 33.3. The standard InChI is InChI=1S/C14H24N2O2/c1-6-10-11(17)15-14(4,5)12(18)16(10)8-9-7-13(9,2)3/h9-10H,6-8H2,1-5H3,(H,15,17). The third kappa shape index (κ3) is 2.13. The number of carbonyl (C=O) groups excluding carboxylic acids is 2. The van der Waals surface area contributed by atoms with Crippen LogP contribution in [-0.4, -0.2) is 34.8 Å². The van der Waals surface area contributed by atoms with E-state index in [0.29, 0.717) is 17.8 Å². The van der Waals surface area contributed by atoms with Crippen LogP contribution >= 0.6 is 0 Å². The molecule has 1 saturated carbocycles. The second kappa shape index (κ2) is 3.97. The van der Waals surface area contributed by atoms with Gasteiger partial charge in [-0.3, -0.25) is 9.59 Å². The second-order valence-corrected chi connectivity index (χ2v) is 6.89. The van der Waals surface area contributed by atoms with Gasteiger partial charge in [-0.1, -0.05) is 20.8 Å². The molecule has 1 aliphatic carbocycles. The summed E-state index contributed by atoms with van der Waals surface area (Å²) in [5, 5.41) is 2.82. The Morgan fingerprint density at radius 1 is 1.28 bits per heavy atom. The summed E-state index contributed by atoms with van der Waals surface area (Å²) < 4.78 is 0. The highest BCUT2D eigenvalue weighted by atomic mass is 16.2. The fourth-order valence-corrected chi connectivity index (χ4v) is 2.83. The Balaban J connectivity index is 2.17. The maximum Gasteiger partial charge on any atom is 0.248 e. The first kappa shape index (κ1) is 13.4. The molecule has 0 aromatic carbocycles. The molecule has 1 aliphatic heterocycles. The summed E-state index contributed by atoms with van der Waals surface area (Å²) in [6.45, 7) is 10.7. The first-order valence-corrected chi connectivity index (χ1v) is 6.82. The topological polar surface area (TPSA) is 49.4 Å². The molecule has 1 N–H and O–H groups in total. The van der Waals surface area contributed by atoms with Gasteiger partial charge in [-0.15, -0.1) is 0 Å². The lowest BCUT2D eigenvalue weighted by Gasteiger charge is -2.43. The highest BCUT2D eigenvalue weighted by Crippen LogP contribution is 2.52. The molecule has 0 radical (unpaired) electrons. The monoisotopic (exact) mass is 252 g/mol. The molecule has 1 saturated heterocycles. The van der Waals surface area contributed by atoms with Crippen molar-refractivity contribution in [1.29, 1.82) is 0 Å². The molecule has 0 aromatic rings. The van der Waals surface area contributed by atoms with Crippen molar-refractivity contribution in [2.45, 2.75) is 59.0 Å². The first-order valence-electron chi connectivity index (χ1n) is 6.82. The van der Waals surface area contributed by atoms with Gasteiger partial charge in [0, 0.05) is 6.54 Å². The number of nitrogens with zero attached hydrogens (tertiary/aromatic N) is 1. The van der Waals surface area contributed by atoms with E-state index in [0.717, 1.165) is 13.0 Å². The molecular weight excluding hydrogens is 228 g/mol. The van der Waals surface area contributed by atoms with Crippen molar-refractivity contribution in [3.63, 3.8) is 0 Å². The van der Waals surface area contributed by atoms with Crippen LogP contribution in [0.15, 0.2) is 0 Å². The molecule has 2 fully saturated rings. The number of piperazine rings is 1. The Morgan fingerprint density at radius 2 is 1.83 bits per heavy atom. The van der Waals surface area contributed by atoms with E-state index >= 15 is 0 Å². The minimum atomic E-state index is -0.762. The molecule has 4 heteroatoms. The largest absolute Gasteiger partial charge is 0.340 e. The van der Waals surface area contributed by atoms with Crippen LogP contribution in [0, 0.1) is 11.3 Å². The van der Waals surface area contributed by atoms with Gasteiger partial charge in [-0.2, -0.15) is 0 Å². The molecule has 0 spiro atoms. The Bertz CT molecular complexity index is 387. The van der Waals surface area contributed by atoms with E-state index < -0.39 is 5.54 Å². The smallest absolute Gasteiger partial charge is 0.248 e. The van der Waals surface area contributed by atoms with E-state index in [4.69, 9.17) is 0 Å². The lowest BCUT2D eigenvalue weighted by atomic mass is 9.95. The Morgan fingerprint density at radius 3 is 2.28 bits per heavy atom. The number of carbonyl (C=O) groups is 2. The summed E-state index contributed by atoms with van der Waals surface area (Å²) in [6.07, 6.45) is 1.83. The molecule has 2 rings (SSSR count). The molecule has 102 valence electrons. The number of nitrogens with one attached hydrogen (secondary N) is 1. The molecule has 18 heavy (non-hydrogen) atoms. The highest BCUT2D eigenvalue weighted by molar-refractivity contribution is 5.99. The molecule has 2 amide bonds. The van der Waals surface area contributed by atoms with Gasteiger partial charge in [-0.05, 0) is 38.0 Å². The maximum absolute atomic E-state index is 12.4. The summed E-state index contributed by atoms with van der Waals surface area (Å²) in [7, 11) is 0. The number of hydrogen-bond donors (Lipinski definition) is 1. The summed E-state index contributed by atoms with van der Waals surface area (Å²) in [5.41, 5.74) is -0.432. The average Bonchev–Trinajstić information content (AvgIpc) is 2.82. The van der Waals surface area contributed by atoms with E-state index in [1.807, 2.05) is 6.92 Å². The van der Waals surface area contributed by atoms with Gasteiger partial charge in [-0.25, -0.2) is 0 Å². The maximum atomic E-state index is 12.4. The highest BCUT2D eigenvalue weighted by Gasteiger charge is 2.51. The quantitative estimate of drug-likeness (QED) is 0.828. The van der Waals surface area contributed by atoms with Crippen LogP contribution in [0.1, 0.15) is 47.5 Å². The summed E-state index contributed by atoms with van der Waals surface area (Å²) >= 11 is 0. The van der Waals surface area contributed by atoms with Crippen LogP contribution < -0.4 is 5.32 Å². The first-order chi connectivity index (χ1) is 8.19. The second-order valence-electron chi connectivity index (χ2n) is 6.89. The zero-order valence-corrected chi connectivity index (χ0v) is 12.0. The average molecular weight is 252 g/mol. The van der Waals surface area contributed by atoms with E-state index in [1.54, 1.807) is 18.7 Å². The van der Waals surface area contributed by atoms with Crippen molar-refractivity contribution >= 4 is 11.8 Å². The van der Waals surface area contributed by atoms with E-state index in [1.165, 1.54) is 0 Å². The predicted octanol–water partition coefficient (Wildman–Crippen LogP) is 1.55. The summed E-state index contributed by atoms with van der Waals surface area (Å²) in [4.78, 5) is 26.3. The van der Waals surface area contributed by atoms with Crippen molar-refractivity contribution in [3.8, 4) is 0 Å². The SMILES string of the molecule is CCC1C(=O)NC(C)(C)C(=O)N1CC1CC1(C)C. The van der Waals surface area contributed by atoms with Crippen LogP contribution in [0.25, 0.3) is 0 Å². The molecule has 2 unspecified atom stereocenters. The zero-order valence-electron chi connectivity index (χ0n) is 12.0. The molecule has 4 nitrogen and oxygen atoms in total. The van der Waals surface area contributed by atoms with Crippen molar-refractivity contribution in [2.75, 3.05) is 6.54 Å². The number of rotatable bonds is 3. The molecule has 0 bridgehead atoms. The zero-order chi connectivity index (χ0) is 13.7. The Hall–Kier alpha value is -1.06. The van der Waals surface area contributed by atoms with Gasteiger partial charge in [0.25, 0.3) is 0 Å². The fourth-order valence-electron chi connectivity index (χ4n) is 2.83. The van der Waals surface area contributed by atoms with Crippen molar-refractivity contribution in [2.24, 2.45) is 11.3 Å². The van der Waals surface area contributed by atoms with Crippen LogP contribution in [0.2, 0.25) is 0 Å². The van der Waals surface area contributed by atoms with Gasteiger partial charge >= 0.3 is 0 Å². The molecule has 2 aliphatic rings. The van der Waals surface area contributed by atoms with Crippen LogP contribution in [0.3, 0.4) is 0 Å². The van der Waals surface area contributed by atoms with Gasteiger partial charge in [0.15, 0.2) is 0 Å². The third-order valence-corrected chi connectivity index (χ3v) is 4.43. The Labute approximate surface area is 109 Å². The van der Waals surface area contributed by atoms with Crippen molar-refractivity contribution in [3.05, 3.63) is 0 Å². The van der Waals surface area contributed by atoms with Crippen LogP contribution in [0.4, 0.5) is 0 Å². The third-order valence-electron chi connectivity index (χ3n) is 4.43. The fraction of sp³-hybridized carbons (Fsp3) is 0.857. The minimum Gasteiger partial charge on any atom is -0.340 e. The van der Waals surface area contributed by atoms with E-state index in [-0.39, 0.29) is 17.9 Å². The molecule has 2 atom stereocenters. The van der Waals surface area contributed by atoms with Crippen LogP contribution in [-0.2, 0) is 9.59 Å². The lowest BCUT2D eigenvalue weighted by molar-refractivity contribution is -0.154. The van der Waals surface area contributed by atoms with Gasteiger partial charge in [0.05, 0.1) is 0 Å². The summed E-state index contributed by atoms with van der Waals surface area (Å²) in [6, 6.07) is -0.290. The van der Waals surface area contributed by atoms with Gasteiger partial charge in [0.1, 0.15) is 11.6 Å². The summed E-state index contributed by atoms with van der Waals surface area (Å²) in [5.74, 6) is 0.578. The van der Waals surface area contributed by atoms with E-state index in [2.05, 4.69) is 19.2 Å². The van der Waals surface area contributed by atoms with Crippen molar-refractivity contribution < 1.29 is 9.59 Å². The lowest BCUT2D eigenvalue weighted by Crippen LogP contribution is -2.68. The molecule has 1 heterocycles. The van der Waals surface area contributed by atoms with Gasteiger partial charge < -0.3 is 10.2 Å². The van der Waals surface area contributed by atoms with Gasteiger partial charge in [0.2, 0.25) is 11.8 Å².